The summed E-state index contributed by atoms with van der Waals surface area (Å²) in [6, 6.07) is 2.89. The molecule has 1 aromatic carbocycles. The molecule has 6 nitrogen and oxygen atoms in total. The predicted molar refractivity (Wildman–Crippen MR) is 71.4 cm³/mol. The van der Waals surface area contributed by atoms with E-state index in [9.17, 15) is 9.59 Å². The second kappa shape index (κ2) is 6.84. The lowest BCUT2D eigenvalue weighted by molar-refractivity contribution is -0.140. The van der Waals surface area contributed by atoms with Crippen molar-refractivity contribution in [2.75, 3.05) is 26.5 Å². The summed E-state index contributed by atoms with van der Waals surface area (Å²) in [7, 11) is 2.71. The Bertz CT molecular complexity index is 491. The molecule has 0 atom stereocenters. The quantitative estimate of drug-likeness (QED) is 0.627. The first kappa shape index (κ1) is 15.1. The summed E-state index contributed by atoms with van der Waals surface area (Å²) in [5, 5.41) is 2.83. The standard InChI is InChI=1S/C12H15ClN2O4/c1-18-10-6-9(14)8(13)5-7(10)12(17)15-4-3-11(16)19-2/h5-6H,3-4,14H2,1-2H3,(H,15,17). The molecule has 1 aromatic rings. The fraction of sp³-hybridized carbons (Fsp3) is 0.333. The molecule has 0 spiro atoms. The zero-order valence-electron chi connectivity index (χ0n) is 10.7. The Morgan fingerprint density at radius 3 is 2.63 bits per heavy atom. The van der Waals surface area contributed by atoms with E-state index in [0.717, 1.165) is 0 Å². The summed E-state index contributed by atoms with van der Waals surface area (Å²) in [6.07, 6.45) is 0.0905. The molecule has 7 heteroatoms. The van der Waals surface area contributed by atoms with Gasteiger partial charge in [-0.2, -0.15) is 0 Å². The van der Waals surface area contributed by atoms with E-state index in [1.807, 2.05) is 0 Å². The molecule has 0 aromatic heterocycles. The molecule has 104 valence electrons. The molecule has 0 heterocycles. The Morgan fingerprint density at radius 2 is 2.05 bits per heavy atom. The van der Waals surface area contributed by atoms with E-state index in [2.05, 4.69) is 10.1 Å². The summed E-state index contributed by atoms with van der Waals surface area (Å²) in [5.41, 5.74) is 6.20. The van der Waals surface area contributed by atoms with Crippen LogP contribution >= 0.6 is 11.6 Å². The number of benzene rings is 1. The Labute approximate surface area is 115 Å². The van der Waals surface area contributed by atoms with Crippen LogP contribution in [0.25, 0.3) is 0 Å². The molecule has 3 N–H and O–H groups in total. The van der Waals surface area contributed by atoms with Crippen LogP contribution in [-0.2, 0) is 9.53 Å². The molecule has 0 radical (unpaired) electrons. The zero-order chi connectivity index (χ0) is 14.4. The molecule has 1 amide bonds. The van der Waals surface area contributed by atoms with Gasteiger partial charge in [-0.25, -0.2) is 0 Å². The number of anilines is 1. The number of esters is 1. The number of hydrogen-bond acceptors (Lipinski definition) is 5. The van der Waals surface area contributed by atoms with E-state index in [4.69, 9.17) is 22.1 Å². The second-order valence-electron chi connectivity index (χ2n) is 3.66. The minimum Gasteiger partial charge on any atom is -0.496 e. The largest absolute Gasteiger partial charge is 0.496 e. The molecule has 0 bridgehead atoms. The van der Waals surface area contributed by atoms with E-state index in [-0.39, 0.29) is 23.6 Å². The van der Waals surface area contributed by atoms with E-state index in [0.29, 0.717) is 11.4 Å². The van der Waals surface area contributed by atoms with Crippen LogP contribution < -0.4 is 15.8 Å². The fourth-order valence-electron chi connectivity index (χ4n) is 1.39. The normalized spacial score (nSPS) is 9.84. The van der Waals surface area contributed by atoms with Crippen molar-refractivity contribution in [2.45, 2.75) is 6.42 Å². The third-order valence-corrected chi connectivity index (χ3v) is 2.73. The van der Waals surface area contributed by atoms with Gasteiger partial charge in [0.25, 0.3) is 5.91 Å². The van der Waals surface area contributed by atoms with E-state index in [1.165, 1.54) is 26.4 Å². The number of carbonyl (C=O) groups is 2. The van der Waals surface area contributed by atoms with Crippen molar-refractivity contribution in [3.05, 3.63) is 22.7 Å². The third kappa shape index (κ3) is 4.03. The molecular formula is C12H15ClN2O4. The number of amides is 1. The first-order valence-electron chi connectivity index (χ1n) is 5.47. The van der Waals surface area contributed by atoms with Crippen molar-refractivity contribution >= 4 is 29.2 Å². The van der Waals surface area contributed by atoms with Crippen LogP contribution in [0.3, 0.4) is 0 Å². The number of rotatable bonds is 5. The third-order valence-electron chi connectivity index (χ3n) is 2.41. The van der Waals surface area contributed by atoms with Gasteiger partial charge in [0.1, 0.15) is 5.75 Å². The molecule has 0 aliphatic rings. The SMILES string of the molecule is COC(=O)CCNC(=O)c1cc(Cl)c(N)cc1OC. The Morgan fingerprint density at radius 1 is 1.37 bits per heavy atom. The maximum absolute atomic E-state index is 11.9. The average molecular weight is 287 g/mol. The monoisotopic (exact) mass is 286 g/mol. The highest BCUT2D eigenvalue weighted by Gasteiger charge is 2.15. The lowest BCUT2D eigenvalue weighted by Gasteiger charge is -2.11. The van der Waals surface area contributed by atoms with Crippen LogP contribution in [0.1, 0.15) is 16.8 Å². The number of hydrogen-bond donors (Lipinski definition) is 2. The van der Waals surface area contributed by atoms with Crippen LogP contribution in [0.15, 0.2) is 12.1 Å². The van der Waals surface area contributed by atoms with Crippen molar-refractivity contribution in [2.24, 2.45) is 0 Å². The van der Waals surface area contributed by atoms with Gasteiger partial charge in [0.2, 0.25) is 0 Å². The summed E-state index contributed by atoms with van der Waals surface area (Å²) in [4.78, 5) is 22.8. The molecule has 0 aliphatic heterocycles. The summed E-state index contributed by atoms with van der Waals surface area (Å²) in [5.74, 6) is -0.484. The second-order valence-corrected chi connectivity index (χ2v) is 4.06. The van der Waals surface area contributed by atoms with Crippen molar-refractivity contribution in [1.29, 1.82) is 0 Å². The number of methoxy groups -OCH3 is 2. The molecular weight excluding hydrogens is 272 g/mol. The average Bonchev–Trinajstić information content (AvgIpc) is 2.40. The highest BCUT2D eigenvalue weighted by molar-refractivity contribution is 6.33. The summed E-state index contributed by atoms with van der Waals surface area (Å²) >= 11 is 5.86. The molecule has 0 saturated heterocycles. The van der Waals surface area contributed by atoms with Crippen molar-refractivity contribution in [1.82, 2.24) is 5.32 Å². The molecule has 0 aliphatic carbocycles. The van der Waals surface area contributed by atoms with Gasteiger partial charge in [0, 0.05) is 12.6 Å². The predicted octanol–water partition coefficient (Wildman–Crippen LogP) is 1.22. The van der Waals surface area contributed by atoms with Gasteiger partial charge in [-0.3, -0.25) is 9.59 Å². The number of halogens is 1. The van der Waals surface area contributed by atoms with Crippen molar-refractivity contribution in [3.63, 3.8) is 0 Å². The number of ether oxygens (including phenoxy) is 2. The topological polar surface area (TPSA) is 90.7 Å². The maximum atomic E-state index is 11.9. The van der Waals surface area contributed by atoms with E-state index < -0.39 is 11.9 Å². The first-order chi connectivity index (χ1) is 8.99. The Hall–Kier alpha value is -1.95. The minimum absolute atomic E-state index is 0.0905. The molecule has 0 fully saturated rings. The van der Waals surface area contributed by atoms with E-state index in [1.54, 1.807) is 0 Å². The number of nitrogen functional groups attached to an aromatic ring is 1. The van der Waals surface area contributed by atoms with Crippen LogP contribution in [0.5, 0.6) is 5.75 Å². The van der Waals surface area contributed by atoms with Crippen LogP contribution in [-0.4, -0.2) is 32.6 Å². The van der Waals surface area contributed by atoms with Gasteiger partial charge in [0.05, 0.1) is 36.9 Å². The van der Waals surface area contributed by atoms with Crippen LogP contribution in [0.4, 0.5) is 5.69 Å². The molecule has 0 unspecified atom stereocenters. The van der Waals surface area contributed by atoms with Crippen LogP contribution in [0, 0.1) is 0 Å². The highest BCUT2D eigenvalue weighted by Crippen LogP contribution is 2.28. The molecule has 0 saturated carbocycles. The van der Waals surface area contributed by atoms with Gasteiger partial charge < -0.3 is 20.5 Å². The summed E-state index contributed by atoms with van der Waals surface area (Å²) < 4.78 is 9.52. The Kier molecular flexibility index (Phi) is 5.44. The van der Waals surface area contributed by atoms with Crippen molar-refractivity contribution < 1.29 is 19.1 Å². The number of nitrogens with one attached hydrogen (secondary N) is 1. The van der Waals surface area contributed by atoms with E-state index >= 15 is 0 Å². The highest BCUT2D eigenvalue weighted by atomic mass is 35.5. The fourth-order valence-corrected chi connectivity index (χ4v) is 1.55. The minimum atomic E-state index is -0.400. The van der Waals surface area contributed by atoms with Gasteiger partial charge in [0.15, 0.2) is 0 Å². The number of nitrogens with two attached hydrogens (primary N) is 1. The lowest BCUT2D eigenvalue weighted by Crippen LogP contribution is -2.26. The molecule has 1 rings (SSSR count). The van der Waals surface area contributed by atoms with Gasteiger partial charge in [-0.15, -0.1) is 0 Å². The number of carbonyl (C=O) groups excluding carboxylic acids is 2. The van der Waals surface area contributed by atoms with Gasteiger partial charge in [-0.05, 0) is 6.07 Å². The van der Waals surface area contributed by atoms with Gasteiger partial charge in [-0.1, -0.05) is 11.6 Å². The molecule has 19 heavy (non-hydrogen) atoms. The van der Waals surface area contributed by atoms with Gasteiger partial charge >= 0.3 is 5.97 Å². The Balaban J connectivity index is 2.76. The maximum Gasteiger partial charge on any atom is 0.307 e. The van der Waals surface area contributed by atoms with Crippen molar-refractivity contribution in [3.8, 4) is 5.75 Å². The zero-order valence-corrected chi connectivity index (χ0v) is 11.4. The lowest BCUT2D eigenvalue weighted by atomic mass is 10.1. The summed E-state index contributed by atoms with van der Waals surface area (Å²) in [6.45, 7) is 0.163. The first-order valence-corrected chi connectivity index (χ1v) is 5.85. The smallest absolute Gasteiger partial charge is 0.307 e. The van der Waals surface area contributed by atoms with Crippen LogP contribution in [0.2, 0.25) is 5.02 Å².